The van der Waals surface area contributed by atoms with Crippen molar-refractivity contribution in [1.82, 2.24) is 5.32 Å². The standard InChI is InChI=1S/C13H15NO2/c1-9-7-14-8-13(15-9)12-6-10-4-2-3-5-11(10)16-12/h2-6,9,13-14H,7-8H2,1H3. The van der Waals surface area contributed by atoms with Crippen LogP contribution in [0.25, 0.3) is 11.0 Å². The number of para-hydroxylation sites is 1. The monoisotopic (exact) mass is 217 g/mol. The molecule has 1 fully saturated rings. The van der Waals surface area contributed by atoms with Crippen LogP contribution in [0.1, 0.15) is 18.8 Å². The molecule has 3 rings (SSSR count). The van der Waals surface area contributed by atoms with Gasteiger partial charge in [-0.3, -0.25) is 0 Å². The molecule has 0 amide bonds. The normalized spacial score (nSPS) is 26.1. The van der Waals surface area contributed by atoms with Gasteiger partial charge in [0.25, 0.3) is 0 Å². The molecule has 16 heavy (non-hydrogen) atoms. The Kier molecular flexibility index (Phi) is 2.42. The minimum atomic E-state index is 0.0381. The quantitative estimate of drug-likeness (QED) is 0.796. The number of furan rings is 1. The fourth-order valence-electron chi connectivity index (χ4n) is 2.12. The van der Waals surface area contributed by atoms with Crippen molar-refractivity contribution in [1.29, 1.82) is 0 Å². The molecular weight excluding hydrogens is 202 g/mol. The van der Waals surface area contributed by atoms with E-state index < -0.39 is 0 Å². The molecule has 1 aliphatic heterocycles. The van der Waals surface area contributed by atoms with E-state index >= 15 is 0 Å². The van der Waals surface area contributed by atoms with Gasteiger partial charge in [-0.15, -0.1) is 0 Å². The van der Waals surface area contributed by atoms with Gasteiger partial charge in [-0.2, -0.15) is 0 Å². The summed E-state index contributed by atoms with van der Waals surface area (Å²) < 4.78 is 11.6. The summed E-state index contributed by atoms with van der Waals surface area (Å²) in [7, 11) is 0. The van der Waals surface area contributed by atoms with Gasteiger partial charge < -0.3 is 14.5 Å². The summed E-state index contributed by atoms with van der Waals surface area (Å²) in [6, 6.07) is 10.1. The Morgan fingerprint density at radius 3 is 2.94 bits per heavy atom. The number of benzene rings is 1. The van der Waals surface area contributed by atoms with Crippen molar-refractivity contribution >= 4 is 11.0 Å². The van der Waals surface area contributed by atoms with Gasteiger partial charge >= 0.3 is 0 Å². The zero-order valence-corrected chi connectivity index (χ0v) is 9.27. The summed E-state index contributed by atoms with van der Waals surface area (Å²) in [6.45, 7) is 3.81. The number of ether oxygens (including phenoxy) is 1. The molecule has 0 saturated carbocycles. The van der Waals surface area contributed by atoms with Crippen molar-refractivity contribution in [3.63, 3.8) is 0 Å². The smallest absolute Gasteiger partial charge is 0.135 e. The van der Waals surface area contributed by atoms with E-state index in [1.165, 1.54) is 0 Å². The highest BCUT2D eigenvalue weighted by molar-refractivity contribution is 5.77. The molecule has 2 unspecified atom stereocenters. The Morgan fingerprint density at radius 2 is 2.12 bits per heavy atom. The molecule has 2 heterocycles. The molecular formula is C13H15NO2. The lowest BCUT2D eigenvalue weighted by molar-refractivity contribution is -0.0383. The number of morpholine rings is 1. The molecule has 0 aliphatic carbocycles. The Balaban J connectivity index is 1.93. The van der Waals surface area contributed by atoms with Crippen LogP contribution in [0.5, 0.6) is 0 Å². The van der Waals surface area contributed by atoms with Crippen molar-refractivity contribution in [2.24, 2.45) is 0 Å². The molecule has 3 heteroatoms. The van der Waals surface area contributed by atoms with Gasteiger partial charge in [0.05, 0.1) is 6.10 Å². The summed E-state index contributed by atoms with van der Waals surface area (Å²) in [5.74, 6) is 0.917. The van der Waals surface area contributed by atoms with Gasteiger partial charge in [-0.1, -0.05) is 18.2 Å². The van der Waals surface area contributed by atoms with Gasteiger partial charge in [0.1, 0.15) is 17.4 Å². The van der Waals surface area contributed by atoms with Gasteiger partial charge in [-0.25, -0.2) is 0 Å². The molecule has 1 aromatic heterocycles. The molecule has 0 spiro atoms. The summed E-state index contributed by atoms with van der Waals surface area (Å²) in [6.07, 6.45) is 0.281. The van der Waals surface area contributed by atoms with Crippen LogP contribution in [0.4, 0.5) is 0 Å². The Bertz CT molecular complexity index is 458. The van der Waals surface area contributed by atoms with E-state index in [9.17, 15) is 0 Å². The van der Waals surface area contributed by atoms with Crippen molar-refractivity contribution in [2.45, 2.75) is 19.1 Å². The molecule has 1 aromatic carbocycles. The maximum absolute atomic E-state index is 5.85. The summed E-state index contributed by atoms with van der Waals surface area (Å²) >= 11 is 0. The predicted molar refractivity (Wildman–Crippen MR) is 62.4 cm³/mol. The molecule has 1 N–H and O–H groups in total. The Hall–Kier alpha value is -1.32. The molecule has 0 bridgehead atoms. The van der Waals surface area contributed by atoms with E-state index in [1.54, 1.807) is 0 Å². The fourth-order valence-corrected chi connectivity index (χ4v) is 2.12. The molecule has 1 saturated heterocycles. The lowest BCUT2D eigenvalue weighted by atomic mass is 10.2. The first-order chi connectivity index (χ1) is 7.83. The van der Waals surface area contributed by atoms with E-state index in [0.29, 0.717) is 0 Å². The highest BCUT2D eigenvalue weighted by atomic mass is 16.5. The molecule has 2 aromatic rings. The third kappa shape index (κ3) is 1.72. The molecule has 2 atom stereocenters. The topological polar surface area (TPSA) is 34.4 Å². The lowest BCUT2D eigenvalue weighted by Gasteiger charge is -2.27. The first kappa shape index (κ1) is 9.87. The van der Waals surface area contributed by atoms with Crippen LogP contribution >= 0.6 is 0 Å². The zero-order valence-electron chi connectivity index (χ0n) is 9.27. The summed E-state index contributed by atoms with van der Waals surface area (Å²) in [5.41, 5.74) is 0.930. The number of hydrogen-bond donors (Lipinski definition) is 1. The summed E-state index contributed by atoms with van der Waals surface area (Å²) in [5, 5.41) is 4.48. The number of rotatable bonds is 1. The minimum absolute atomic E-state index is 0.0381. The molecule has 84 valence electrons. The van der Waals surface area contributed by atoms with Crippen LogP contribution in [0.3, 0.4) is 0 Å². The second-order valence-electron chi connectivity index (χ2n) is 4.28. The third-order valence-electron chi connectivity index (χ3n) is 2.92. The average molecular weight is 217 g/mol. The second-order valence-corrected chi connectivity index (χ2v) is 4.28. The highest BCUT2D eigenvalue weighted by Crippen LogP contribution is 2.27. The van der Waals surface area contributed by atoms with Gasteiger partial charge in [-0.05, 0) is 19.1 Å². The maximum Gasteiger partial charge on any atom is 0.135 e. The first-order valence-electron chi connectivity index (χ1n) is 5.67. The molecule has 0 radical (unpaired) electrons. The van der Waals surface area contributed by atoms with Crippen molar-refractivity contribution in [3.8, 4) is 0 Å². The van der Waals surface area contributed by atoms with E-state index in [1.807, 2.05) is 18.2 Å². The van der Waals surface area contributed by atoms with E-state index in [0.717, 1.165) is 29.8 Å². The Labute approximate surface area is 94.4 Å². The number of hydrogen-bond acceptors (Lipinski definition) is 3. The SMILES string of the molecule is CC1CNCC(c2cc3ccccc3o2)O1. The maximum atomic E-state index is 5.85. The van der Waals surface area contributed by atoms with Gasteiger partial charge in [0, 0.05) is 18.5 Å². The lowest BCUT2D eigenvalue weighted by Crippen LogP contribution is -2.38. The van der Waals surface area contributed by atoms with Gasteiger partial charge in [0.15, 0.2) is 0 Å². The van der Waals surface area contributed by atoms with Crippen LogP contribution < -0.4 is 5.32 Å². The zero-order chi connectivity index (χ0) is 11.0. The second kappa shape index (κ2) is 3.92. The van der Waals surface area contributed by atoms with Crippen molar-refractivity contribution in [3.05, 3.63) is 36.1 Å². The van der Waals surface area contributed by atoms with Gasteiger partial charge in [0.2, 0.25) is 0 Å². The van der Waals surface area contributed by atoms with Crippen LogP contribution in [-0.2, 0) is 4.74 Å². The minimum Gasteiger partial charge on any atom is -0.458 e. The van der Waals surface area contributed by atoms with Crippen LogP contribution in [0.15, 0.2) is 34.7 Å². The molecule has 1 aliphatic rings. The van der Waals surface area contributed by atoms with Crippen molar-refractivity contribution in [2.75, 3.05) is 13.1 Å². The predicted octanol–water partition coefficient (Wildman–Crippen LogP) is 2.48. The van der Waals surface area contributed by atoms with E-state index in [4.69, 9.17) is 9.15 Å². The third-order valence-corrected chi connectivity index (χ3v) is 2.92. The molecule has 3 nitrogen and oxygen atoms in total. The van der Waals surface area contributed by atoms with E-state index in [-0.39, 0.29) is 12.2 Å². The number of nitrogens with one attached hydrogen (secondary N) is 1. The van der Waals surface area contributed by atoms with Crippen LogP contribution in [0, 0.1) is 0 Å². The largest absolute Gasteiger partial charge is 0.458 e. The first-order valence-corrected chi connectivity index (χ1v) is 5.67. The summed E-state index contributed by atoms with van der Waals surface area (Å²) in [4.78, 5) is 0. The fraction of sp³-hybridized carbons (Fsp3) is 0.385. The van der Waals surface area contributed by atoms with Crippen LogP contribution in [0.2, 0.25) is 0 Å². The van der Waals surface area contributed by atoms with Crippen LogP contribution in [-0.4, -0.2) is 19.2 Å². The highest BCUT2D eigenvalue weighted by Gasteiger charge is 2.23. The van der Waals surface area contributed by atoms with Crippen molar-refractivity contribution < 1.29 is 9.15 Å². The van der Waals surface area contributed by atoms with E-state index in [2.05, 4.69) is 24.4 Å². The Morgan fingerprint density at radius 1 is 1.25 bits per heavy atom. The number of fused-ring (bicyclic) bond motifs is 1. The average Bonchev–Trinajstić information content (AvgIpc) is 2.72.